The zero-order valence-corrected chi connectivity index (χ0v) is 18.9. The van der Waals surface area contributed by atoms with E-state index in [1.54, 1.807) is 0 Å². The molecular weight excluding hydrogens is 447 g/mol. The molecule has 1 amide bonds. The first-order valence-electron chi connectivity index (χ1n) is 10.9. The summed E-state index contributed by atoms with van der Waals surface area (Å²) in [5.74, 6) is -0.472. The largest absolute Gasteiger partial charge is 0.355 e. The highest BCUT2D eigenvalue weighted by molar-refractivity contribution is 9.09. The first-order chi connectivity index (χ1) is 13.3. The van der Waals surface area contributed by atoms with E-state index in [1.807, 2.05) is 0 Å². The van der Waals surface area contributed by atoms with E-state index in [4.69, 9.17) is 0 Å². The minimum absolute atomic E-state index is 0.0146. The molecule has 28 heavy (non-hydrogen) atoms. The monoisotopic (exact) mass is 480 g/mol. The van der Waals surface area contributed by atoms with Gasteiger partial charge in [0.1, 0.15) is 6.17 Å². The van der Waals surface area contributed by atoms with Crippen LogP contribution in [0.4, 0.5) is 4.39 Å². The quantitative estimate of drug-likeness (QED) is 0.567. The number of carbonyl (C=O) groups is 1. The van der Waals surface area contributed by atoms with Crippen molar-refractivity contribution < 1.29 is 17.6 Å². The van der Waals surface area contributed by atoms with Crippen molar-refractivity contribution in [2.75, 3.05) is 6.54 Å². The lowest BCUT2D eigenvalue weighted by molar-refractivity contribution is -0.126. The number of hydrogen-bond donors (Lipinski definition) is 2. The van der Waals surface area contributed by atoms with Gasteiger partial charge in [-0.2, -0.15) is 0 Å². The molecular formula is C20H34BrFN2O3S. The van der Waals surface area contributed by atoms with Gasteiger partial charge in [-0.3, -0.25) is 4.79 Å². The minimum Gasteiger partial charge on any atom is -0.355 e. The number of rotatable bonds is 6. The van der Waals surface area contributed by atoms with Gasteiger partial charge in [0.05, 0.1) is 5.25 Å². The van der Waals surface area contributed by atoms with Crippen molar-refractivity contribution in [3.63, 3.8) is 0 Å². The average molecular weight is 481 g/mol. The van der Waals surface area contributed by atoms with E-state index in [-0.39, 0.29) is 23.8 Å². The van der Waals surface area contributed by atoms with Gasteiger partial charge in [-0.15, -0.1) is 0 Å². The third-order valence-electron chi connectivity index (χ3n) is 6.78. The van der Waals surface area contributed by atoms with Crippen LogP contribution in [0.15, 0.2) is 0 Å². The van der Waals surface area contributed by atoms with Gasteiger partial charge >= 0.3 is 0 Å². The molecule has 3 saturated carbocycles. The normalized spacial score (nSPS) is 37.4. The first-order valence-corrected chi connectivity index (χ1v) is 13.4. The molecule has 5 nitrogen and oxygen atoms in total. The number of sulfonamides is 1. The number of nitrogens with one attached hydrogen (secondary N) is 2. The highest BCUT2D eigenvalue weighted by atomic mass is 79.9. The second kappa shape index (κ2) is 10.2. The summed E-state index contributed by atoms with van der Waals surface area (Å²) in [7, 11) is -3.42. The van der Waals surface area contributed by atoms with Gasteiger partial charge in [0.25, 0.3) is 0 Å². The van der Waals surface area contributed by atoms with Gasteiger partial charge in [-0.25, -0.2) is 17.5 Å². The Kier molecular flexibility index (Phi) is 8.19. The molecule has 0 aliphatic heterocycles. The molecule has 3 fully saturated rings. The number of alkyl halides is 2. The summed E-state index contributed by atoms with van der Waals surface area (Å²) in [6, 6.07) is 0.0146. The molecule has 0 aromatic rings. The van der Waals surface area contributed by atoms with Crippen molar-refractivity contribution >= 4 is 31.9 Å². The average Bonchev–Trinajstić information content (AvgIpc) is 2.69. The Bertz CT molecular complexity index is 625. The predicted molar refractivity (Wildman–Crippen MR) is 113 cm³/mol. The second-order valence-electron chi connectivity index (χ2n) is 8.90. The summed E-state index contributed by atoms with van der Waals surface area (Å²) < 4.78 is 42.6. The minimum atomic E-state index is -3.42. The number of hydrogen-bond acceptors (Lipinski definition) is 3. The molecule has 0 spiro atoms. The van der Waals surface area contributed by atoms with Gasteiger partial charge in [-0.05, 0) is 57.8 Å². The van der Waals surface area contributed by atoms with Gasteiger partial charge < -0.3 is 5.32 Å². The zero-order chi connectivity index (χ0) is 20.1. The topological polar surface area (TPSA) is 75.3 Å². The van der Waals surface area contributed by atoms with Crippen LogP contribution < -0.4 is 10.0 Å². The zero-order valence-electron chi connectivity index (χ0n) is 16.5. The van der Waals surface area contributed by atoms with Crippen molar-refractivity contribution in [1.82, 2.24) is 10.0 Å². The fraction of sp³-hybridized carbons (Fsp3) is 0.950. The number of halogens is 2. The first kappa shape index (κ1) is 22.5. The van der Waals surface area contributed by atoms with Crippen molar-refractivity contribution in [1.29, 1.82) is 0 Å². The second-order valence-corrected chi connectivity index (χ2v) is 12.2. The van der Waals surface area contributed by atoms with E-state index in [2.05, 4.69) is 26.0 Å². The van der Waals surface area contributed by atoms with Gasteiger partial charge in [-0.1, -0.05) is 35.2 Å². The van der Waals surface area contributed by atoms with Crippen molar-refractivity contribution in [2.45, 2.75) is 99.3 Å². The molecule has 4 unspecified atom stereocenters. The molecule has 0 bridgehead atoms. The van der Waals surface area contributed by atoms with Crippen LogP contribution in [0.25, 0.3) is 0 Å². The molecule has 4 atom stereocenters. The van der Waals surface area contributed by atoms with Crippen molar-refractivity contribution in [3.05, 3.63) is 0 Å². The van der Waals surface area contributed by atoms with E-state index >= 15 is 0 Å². The summed E-state index contributed by atoms with van der Waals surface area (Å²) in [4.78, 5) is 13.1. The Labute approximate surface area is 177 Å². The third-order valence-corrected chi connectivity index (χ3v) is 9.66. The Morgan fingerprint density at radius 2 is 1.68 bits per heavy atom. The lowest BCUT2D eigenvalue weighted by Crippen LogP contribution is -2.46. The molecule has 0 heterocycles. The van der Waals surface area contributed by atoms with E-state index in [0.29, 0.717) is 30.6 Å². The van der Waals surface area contributed by atoms with Gasteiger partial charge in [0.15, 0.2) is 0 Å². The van der Waals surface area contributed by atoms with Crippen molar-refractivity contribution in [3.8, 4) is 0 Å². The van der Waals surface area contributed by atoms with Crippen LogP contribution in [-0.4, -0.2) is 43.2 Å². The van der Waals surface area contributed by atoms with E-state index in [1.165, 1.54) is 0 Å². The summed E-state index contributed by atoms with van der Waals surface area (Å²) >= 11 is 3.60. The molecule has 8 heteroatoms. The molecule has 0 radical (unpaired) electrons. The van der Waals surface area contributed by atoms with Crippen LogP contribution in [0.3, 0.4) is 0 Å². The van der Waals surface area contributed by atoms with Crippen LogP contribution in [0, 0.1) is 11.8 Å². The maximum atomic E-state index is 14.0. The standard InChI is InChI=1S/C20H34BrFN2O3S/c21-16-8-10-17(11-9-16)24-28(26,27)18-6-3-5-14(12-18)20(25)23-13-15-4-1-2-7-19(15)22/h14-19,24H,1-13H2,(H,23,25). The Morgan fingerprint density at radius 1 is 0.964 bits per heavy atom. The Balaban J connectivity index is 1.49. The molecule has 0 aromatic carbocycles. The fourth-order valence-electron chi connectivity index (χ4n) is 4.93. The predicted octanol–water partition coefficient (Wildman–Crippen LogP) is 3.82. The molecule has 162 valence electrons. The maximum Gasteiger partial charge on any atom is 0.223 e. The number of carbonyl (C=O) groups excluding carboxylic acids is 1. The molecule has 0 saturated heterocycles. The Hall–Kier alpha value is -0.210. The van der Waals surface area contributed by atoms with Crippen LogP contribution in [0.2, 0.25) is 0 Å². The Morgan fingerprint density at radius 3 is 2.39 bits per heavy atom. The lowest BCUT2D eigenvalue weighted by Gasteiger charge is -2.32. The van der Waals surface area contributed by atoms with E-state index in [9.17, 15) is 17.6 Å². The molecule has 0 aromatic heterocycles. The summed E-state index contributed by atoms with van der Waals surface area (Å²) in [5.41, 5.74) is 0. The molecule has 3 aliphatic carbocycles. The summed E-state index contributed by atoms with van der Waals surface area (Å²) in [6.45, 7) is 0.377. The van der Waals surface area contributed by atoms with Crippen molar-refractivity contribution in [2.24, 2.45) is 11.8 Å². The van der Waals surface area contributed by atoms with Crippen LogP contribution >= 0.6 is 15.9 Å². The molecule has 2 N–H and O–H groups in total. The summed E-state index contributed by atoms with van der Waals surface area (Å²) in [5, 5.41) is 2.41. The van der Waals surface area contributed by atoms with E-state index < -0.39 is 21.4 Å². The molecule has 3 aliphatic rings. The van der Waals surface area contributed by atoms with Crippen LogP contribution in [0.1, 0.15) is 77.0 Å². The maximum absolute atomic E-state index is 14.0. The van der Waals surface area contributed by atoms with Crippen LogP contribution in [0.5, 0.6) is 0 Å². The smallest absolute Gasteiger partial charge is 0.223 e. The van der Waals surface area contributed by atoms with E-state index in [0.717, 1.165) is 57.8 Å². The summed E-state index contributed by atoms with van der Waals surface area (Å²) in [6.07, 6.45) is 8.67. The third kappa shape index (κ3) is 6.14. The highest BCUT2D eigenvalue weighted by Gasteiger charge is 2.36. The fourth-order valence-corrected chi connectivity index (χ4v) is 7.32. The number of amides is 1. The van der Waals surface area contributed by atoms with Gasteiger partial charge in [0, 0.05) is 29.2 Å². The molecule has 3 rings (SSSR count). The van der Waals surface area contributed by atoms with Crippen LogP contribution in [-0.2, 0) is 14.8 Å². The highest BCUT2D eigenvalue weighted by Crippen LogP contribution is 2.31. The SMILES string of the molecule is O=C(NCC1CCCCC1F)C1CCCC(S(=O)(=O)NC2CCC(Br)CC2)C1. The van der Waals surface area contributed by atoms with Gasteiger partial charge in [0.2, 0.25) is 15.9 Å². The lowest BCUT2D eigenvalue weighted by atomic mass is 9.86.